The van der Waals surface area contributed by atoms with Crippen LogP contribution in [0.5, 0.6) is 5.75 Å². The van der Waals surface area contributed by atoms with E-state index in [0.717, 1.165) is 5.82 Å². The number of hydrogen-bond acceptors (Lipinski definition) is 4. The zero-order valence-corrected chi connectivity index (χ0v) is 10.5. The summed E-state index contributed by atoms with van der Waals surface area (Å²) in [6.45, 7) is 3.01. The number of hydrogen-bond donors (Lipinski definition) is 2. The zero-order chi connectivity index (χ0) is 13.8. The molecular formula is C13H15N3O3. The Kier molecular flexibility index (Phi) is 3.70. The summed E-state index contributed by atoms with van der Waals surface area (Å²) in [7, 11) is 0. The number of nitrogens with two attached hydrogens (primary N) is 1. The van der Waals surface area contributed by atoms with E-state index in [4.69, 9.17) is 15.6 Å². The summed E-state index contributed by atoms with van der Waals surface area (Å²) in [6, 6.07) is 4.43. The van der Waals surface area contributed by atoms with Gasteiger partial charge in [-0.1, -0.05) is 0 Å². The summed E-state index contributed by atoms with van der Waals surface area (Å²) in [4.78, 5) is 14.9. The highest BCUT2D eigenvalue weighted by Crippen LogP contribution is 2.22. The molecule has 0 saturated carbocycles. The Labute approximate surface area is 110 Å². The number of imidazole rings is 1. The average Bonchev–Trinajstić information content (AvgIpc) is 2.77. The number of aromatic nitrogens is 2. The molecule has 0 radical (unpaired) electrons. The third kappa shape index (κ3) is 3.04. The number of aryl methyl sites for hydroxylation is 1. The van der Waals surface area contributed by atoms with E-state index >= 15 is 0 Å². The van der Waals surface area contributed by atoms with Crippen LogP contribution in [0.2, 0.25) is 0 Å². The fourth-order valence-electron chi connectivity index (χ4n) is 1.71. The van der Waals surface area contributed by atoms with Gasteiger partial charge in [-0.2, -0.15) is 0 Å². The van der Waals surface area contributed by atoms with Crippen LogP contribution in [-0.4, -0.2) is 27.2 Å². The molecule has 0 atom stereocenters. The summed E-state index contributed by atoms with van der Waals surface area (Å²) < 4.78 is 7.49. The van der Waals surface area contributed by atoms with E-state index in [1.54, 1.807) is 12.3 Å². The number of benzene rings is 1. The van der Waals surface area contributed by atoms with Crippen LogP contribution < -0.4 is 10.5 Å². The van der Waals surface area contributed by atoms with Crippen LogP contribution in [0.1, 0.15) is 16.2 Å². The molecule has 2 rings (SSSR count). The molecule has 1 aromatic carbocycles. The van der Waals surface area contributed by atoms with Crippen LogP contribution >= 0.6 is 0 Å². The topological polar surface area (TPSA) is 90.4 Å². The molecule has 100 valence electrons. The summed E-state index contributed by atoms with van der Waals surface area (Å²) in [5.74, 6) is 0.396. The van der Waals surface area contributed by atoms with Crippen molar-refractivity contribution in [2.24, 2.45) is 0 Å². The summed E-state index contributed by atoms with van der Waals surface area (Å²) in [5, 5.41) is 8.83. The number of carboxylic acid groups (broad SMARTS) is 1. The number of ether oxygens (including phenoxy) is 1. The van der Waals surface area contributed by atoms with Gasteiger partial charge in [0.1, 0.15) is 18.2 Å². The van der Waals surface area contributed by atoms with E-state index in [0.29, 0.717) is 24.6 Å². The van der Waals surface area contributed by atoms with Crippen LogP contribution in [0, 0.1) is 6.92 Å². The lowest BCUT2D eigenvalue weighted by Crippen LogP contribution is -2.10. The number of nitrogen functional groups attached to an aromatic ring is 1. The van der Waals surface area contributed by atoms with Crippen molar-refractivity contribution >= 4 is 11.7 Å². The van der Waals surface area contributed by atoms with Crippen LogP contribution in [0.3, 0.4) is 0 Å². The van der Waals surface area contributed by atoms with Gasteiger partial charge in [0.25, 0.3) is 0 Å². The van der Waals surface area contributed by atoms with Crippen LogP contribution in [0.25, 0.3) is 0 Å². The molecule has 0 spiro atoms. The summed E-state index contributed by atoms with van der Waals surface area (Å²) in [5.41, 5.74) is 6.21. The van der Waals surface area contributed by atoms with Crippen molar-refractivity contribution in [1.29, 1.82) is 0 Å². The molecule has 3 N–H and O–H groups in total. The predicted octanol–water partition coefficient (Wildman–Crippen LogP) is 1.55. The van der Waals surface area contributed by atoms with Crippen LogP contribution in [0.4, 0.5) is 5.69 Å². The Bertz CT molecular complexity index is 593. The van der Waals surface area contributed by atoms with Crippen molar-refractivity contribution in [2.45, 2.75) is 13.5 Å². The van der Waals surface area contributed by atoms with Crippen molar-refractivity contribution in [1.82, 2.24) is 9.55 Å². The normalized spacial score (nSPS) is 10.4. The molecule has 1 heterocycles. The lowest BCUT2D eigenvalue weighted by Gasteiger charge is -2.10. The van der Waals surface area contributed by atoms with Gasteiger partial charge in [0.15, 0.2) is 0 Å². The highest BCUT2D eigenvalue weighted by Gasteiger charge is 2.07. The summed E-state index contributed by atoms with van der Waals surface area (Å²) in [6.07, 6.45) is 3.60. The smallest absolute Gasteiger partial charge is 0.335 e. The second-order valence-electron chi connectivity index (χ2n) is 4.07. The standard InChI is InChI=1S/C13H15N3O3/c1-9-15-4-5-16(9)6-7-19-12-3-2-10(13(17)18)8-11(12)14/h2-5,8H,6-7,14H2,1H3,(H,17,18). The first-order valence-corrected chi connectivity index (χ1v) is 5.81. The minimum Gasteiger partial charge on any atom is -0.490 e. The number of nitrogens with zero attached hydrogens (tertiary/aromatic N) is 2. The zero-order valence-electron chi connectivity index (χ0n) is 10.5. The predicted molar refractivity (Wildman–Crippen MR) is 70.3 cm³/mol. The third-order valence-electron chi connectivity index (χ3n) is 2.77. The molecule has 1 aromatic heterocycles. The Morgan fingerprint density at radius 3 is 2.89 bits per heavy atom. The molecule has 0 fully saturated rings. The van der Waals surface area contributed by atoms with Crippen molar-refractivity contribution in [3.05, 3.63) is 42.0 Å². The first kappa shape index (κ1) is 12.9. The highest BCUT2D eigenvalue weighted by atomic mass is 16.5. The fraction of sp³-hybridized carbons (Fsp3) is 0.231. The maximum atomic E-state index is 10.8. The molecule has 19 heavy (non-hydrogen) atoms. The van der Waals surface area contributed by atoms with Crippen molar-refractivity contribution in [3.63, 3.8) is 0 Å². The second-order valence-corrected chi connectivity index (χ2v) is 4.07. The number of carbonyl (C=O) groups is 1. The average molecular weight is 261 g/mol. The summed E-state index contributed by atoms with van der Waals surface area (Å²) >= 11 is 0. The van der Waals surface area contributed by atoms with Gasteiger partial charge >= 0.3 is 5.97 Å². The highest BCUT2D eigenvalue weighted by molar-refractivity contribution is 5.89. The van der Waals surface area contributed by atoms with Crippen LogP contribution in [-0.2, 0) is 6.54 Å². The van der Waals surface area contributed by atoms with E-state index in [1.165, 1.54) is 12.1 Å². The lowest BCUT2D eigenvalue weighted by molar-refractivity contribution is 0.0697. The molecule has 0 aliphatic rings. The van der Waals surface area contributed by atoms with Gasteiger partial charge in [0.2, 0.25) is 0 Å². The van der Waals surface area contributed by atoms with Gasteiger partial charge < -0.3 is 20.1 Å². The third-order valence-corrected chi connectivity index (χ3v) is 2.77. The maximum absolute atomic E-state index is 10.8. The van der Waals surface area contributed by atoms with E-state index in [2.05, 4.69) is 4.98 Å². The minimum absolute atomic E-state index is 0.148. The Hall–Kier alpha value is -2.50. The molecule has 6 heteroatoms. The van der Waals surface area contributed by atoms with E-state index in [9.17, 15) is 4.79 Å². The number of rotatable bonds is 5. The molecule has 0 bridgehead atoms. The van der Waals surface area contributed by atoms with Crippen molar-refractivity contribution < 1.29 is 14.6 Å². The molecule has 0 aliphatic heterocycles. The molecule has 0 unspecified atom stereocenters. The first-order chi connectivity index (χ1) is 9.08. The molecular weight excluding hydrogens is 246 g/mol. The van der Waals surface area contributed by atoms with Gasteiger partial charge in [0.05, 0.1) is 17.8 Å². The first-order valence-electron chi connectivity index (χ1n) is 5.81. The largest absolute Gasteiger partial charge is 0.490 e. The quantitative estimate of drug-likeness (QED) is 0.797. The SMILES string of the molecule is Cc1nccn1CCOc1ccc(C(=O)O)cc1N. The van der Waals surface area contributed by atoms with E-state index in [-0.39, 0.29) is 5.56 Å². The van der Waals surface area contributed by atoms with Gasteiger partial charge in [-0.3, -0.25) is 0 Å². The maximum Gasteiger partial charge on any atom is 0.335 e. The number of anilines is 1. The van der Waals surface area contributed by atoms with Gasteiger partial charge in [-0.05, 0) is 25.1 Å². The lowest BCUT2D eigenvalue weighted by atomic mass is 10.2. The van der Waals surface area contributed by atoms with Gasteiger partial charge in [0, 0.05) is 12.4 Å². The molecule has 0 aliphatic carbocycles. The van der Waals surface area contributed by atoms with Gasteiger partial charge in [-0.15, -0.1) is 0 Å². The van der Waals surface area contributed by atoms with Crippen LogP contribution in [0.15, 0.2) is 30.6 Å². The molecule has 2 aromatic rings. The fourth-order valence-corrected chi connectivity index (χ4v) is 1.71. The molecule has 0 saturated heterocycles. The van der Waals surface area contributed by atoms with Gasteiger partial charge in [-0.25, -0.2) is 9.78 Å². The Morgan fingerprint density at radius 1 is 1.53 bits per heavy atom. The van der Waals surface area contributed by atoms with Crippen molar-refractivity contribution in [3.8, 4) is 5.75 Å². The molecule has 6 nitrogen and oxygen atoms in total. The van der Waals surface area contributed by atoms with E-state index < -0.39 is 5.97 Å². The number of aromatic carboxylic acids is 1. The Balaban J connectivity index is 1.96. The monoisotopic (exact) mass is 261 g/mol. The van der Waals surface area contributed by atoms with E-state index in [1.807, 2.05) is 17.7 Å². The Morgan fingerprint density at radius 2 is 2.32 bits per heavy atom. The second kappa shape index (κ2) is 5.43. The number of carboxylic acids is 1. The van der Waals surface area contributed by atoms with Crippen molar-refractivity contribution in [2.75, 3.05) is 12.3 Å². The minimum atomic E-state index is -1.01. The molecule has 0 amide bonds.